The third kappa shape index (κ3) is 3.91. The second kappa shape index (κ2) is 7.13. The first-order valence-electron chi connectivity index (χ1n) is 8.42. The molecule has 124 valence electrons. The number of likely N-dealkylation sites (tertiary alicyclic amines) is 1. The number of amides is 2. The van der Waals surface area contributed by atoms with Crippen molar-refractivity contribution in [1.82, 2.24) is 14.7 Å². The van der Waals surface area contributed by atoms with Gasteiger partial charge in [0.15, 0.2) is 0 Å². The molecule has 0 spiro atoms. The summed E-state index contributed by atoms with van der Waals surface area (Å²) in [7, 11) is 2.09. The summed E-state index contributed by atoms with van der Waals surface area (Å²) in [5.41, 5.74) is 1.12. The minimum absolute atomic E-state index is 0.0964. The van der Waals surface area contributed by atoms with Crippen molar-refractivity contribution in [2.24, 2.45) is 5.92 Å². The number of hydrogen-bond acceptors (Lipinski definition) is 3. The molecule has 2 aliphatic heterocycles. The molecule has 1 aromatic carbocycles. The second-order valence-corrected chi connectivity index (χ2v) is 6.64. The predicted octanol–water partition coefficient (Wildman–Crippen LogP) is 1.20. The van der Waals surface area contributed by atoms with Crippen molar-refractivity contribution >= 4 is 11.8 Å². The van der Waals surface area contributed by atoms with E-state index in [1.54, 1.807) is 0 Å². The topological polar surface area (TPSA) is 43.9 Å². The smallest absolute Gasteiger partial charge is 0.228 e. The summed E-state index contributed by atoms with van der Waals surface area (Å²) >= 11 is 0. The molecule has 2 saturated heterocycles. The third-order valence-corrected chi connectivity index (χ3v) is 4.81. The molecule has 2 amide bonds. The number of benzene rings is 1. The van der Waals surface area contributed by atoms with Crippen molar-refractivity contribution < 1.29 is 9.59 Å². The normalized spacial score (nSPS) is 23.2. The Kier molecular flexibility index (Phi) is 4.96. The quantitative estimate of drug-likeness (QED) is 0.842. The fraction of sp³-hybridized carbons (Fsp3) is 0.556. The van der Waals surface area contributed by atoms with Crippen LogP contribution in [0, 0.1) is 5.92 Å². The van der Waals surface area contributed by atoms with Crippen LogP contribution in [0.5, 0.6) is 0 Å². The van der Waals surface area contributed by atoms with Gasteiger partial charge in [-0.05, 0) is 25.6 Å². The first kappa shape index (κ1) is 16.0. The standard InChI is InChI=1S/C18H25N3O2/c1-19-8-5-9-20(11-10-19)18(23)16-12-17(22)21(14-16)13-15-6-3-2-4-7-15/h2-4,6-7,16H,5,8-14H2,1H3. The molecule has 5 nitrogen and oxygen atoms in total. The zero-order valence-electron chi connectivity index (χ0n) is 13.8. The Morgan fingerprint density at radius 3 is 2.70 bits per heavy atom. The van der Waals surface area contributed by atoms with Crippen LogP contribution < -0.4 is 0 Å². The zero-order valence-corrected chi connectivity index (χ0v) is 13.8. The first-order chi connectivity index (χ1) is 11.1. The van der Waals surface area contributed by atoms with Crippen LogP contribution in [0.4, 0.5) is 0 Å². The predicted molar refractivity (Wildman–Crippen MR) is 88.7 cm³/mol. The average Bonchev–Trinajstić information content (AvgIpc) is 2.78. The van der Waals surface area contributed by atoms with Crippen LogP contribution >= 0.6 is 0 Å². The van der Waals surface area contributed by atoms with Gasteiger partial charge in [-0.15, -0.1) is 0 Å². The van der Waals surface area contributed by atoms with Crippen molar-refractivity contribution in [3.8, 4) is 0 Å². The van der Waals surface area contributed by atoms with Crippen LogP contribution in [-0.2, 0) is 16.1 Å². The van der Waals surface area contributed by atoms with Crippen LogP contribution in [0.2, 0.25) is 0 Å². The summed E-state index contributed by atoms with van der Waals surface area (Å²) in [6.07, 6.45) is 1.37. The highest BCUT2D eigenvalue weighted by molar-refractivity contribution is 5.89. The lowest BCUT2D eigenvalue weighted by molar-refractivity contribution is -0.135. The van der Waals surface area contributed by atoms with Gasteiger partial charge in [0.2, 0.25) is 11.8 Å². The summed E-state index contributed by atoms with van der Waals surface area (Å²) < 4.78 is 0. The summed E-state index contributed by atoms with van der Waals surface area (Å²) in [4.78, 5) is 31.0. The van der Waals surface area contributed by atoms with E-state index in [0.717, 1.165) is 38.2 Å². The van der Waals surface area contributed by atoms with Crippen molar-refractivity contribution in [3.63, 3.8) is 0 Å². The number of nitrogens with zero attached hydrogens (tertiary/aromatic N) is 3. The number of rotatable bonds is 3. The molecule has 1 aromatic rings. The van der Waals surface area contributed by atoms with Crippen molar-refractivity contribution in [3.05, 3.63) is 35.9 Å². The van der Waals surface area contributed by atoms with E-state index in [0.29, 0.717) is 19.5 Å². The Bertz CT molecular complexity index is 561. The molecule has 1 atom stereocenters. The maximum atomic E-state index is 12.7. The van der Waals surface area contributed by atoms with Crippen molar-refractivity contribution in [1.29, 1.82) is 0 Å². The Hall–Kier alpha value is -1.88. The summed E-state index contributed by atoms with van der Waals surface area (Å²) in [5.74, 6) is 0.0815. The van der Waals surface area contributed by atoms with Gasteiger partial charge in [0, 0.05) is 39.1 Å². The molecule has 0 bridgehead atoms. The van der Waals surface area contributed by atoms with Crippen LogP contribution in [0.3, 0.4) is 0 Å². The van der Waals surface area contributed by atoms with Gasteiger partial charge in [0.25, 0.3) is 0 Å². The van der Waals surface area contributed by atoms with Crippen LogP contribution in [-0.4, -0.2) is 66.3 Å². The van der Waals surface area contributed by atoms with Crippen molar-refractivity contribution in [2.45, 2.75) is 19.4 Å². The lowest BCUT2D eigenvalue weighted by atomic mass is 10.1. The van der Waals surface area contributed by atoms with E-state index in [9.17, 15) is 9.59 Å². The van der Waals surface area contributed by atoms with Gasteiger partial charge in [-0.25, -0.2) is 0 Å². The van der Waals surface area contributed by atoms with E-state index in [1.807, 2.05) is 40.1 Å². The summed E-state index contributed by atoms with van der Waals surface area (Å²) in [5, 5.41) is 0. The lowest BCUT2D eigenvalue weighted by Gasteiger charge is -2.24. The fourth-order valence-electron chi connectivity index (χ4n) is 3.42. The Balaban J connectivity index is 1.59. The van der Waals surface area contributed by atoms with E-state index in [2.05, 4.69) is 11.9 Å². The van der Waals surface area contributed by atoms with Gasteiger partial charge >= 0.3 is 0 Å². The minimum atomic E-state index is -0.172. The highest BCUT2D eigenvalue weighted by atomic mass is 16.2. The Morgan fingerprint density at radius 1 is 1.13 bits per heavy atom. The second-order valence-electron chi connectivity index (χ2n) is 6.64. The van der Waals surface area contributed by atoms with E-state index in [-0.39, 0.29) is 17.7 Å². The van der Waals surface area contributed by atoms with E-state index >= 15 is 0 Å². The Labute approximate surface area is 137 Å². The molecule has 3 rings (SSSR count). The summed E-state index contributed by atoms with van der Waals surface area (Å²) in [6, 6.07) is 9.97. The van der Waals surface area contributed by atoms with Gasteiger partial charge < -0.3 is 14.7 Å². The van der Waals surface area contributed by atoms with Crippen LogP contribution in [0.1, 0.15) is 18.4 Å². The molecule has 23 heavy (non-hydrogen) atoms. The summed E-state index contributed by atoms with van der Waals surface area (Å²) in [6.45, 7) is 4.70. The van der Waals surface area contributed by atoms with E-state index in [4.69, 9.17) is 0 Å². The highest BCUT2D eigenvalue weighted by Crippen LogP contribution is 2.22. The zero-order chi connectivity index (χ0) is 16.2. The van der Waals surface area contributed by atoms with Crippen molar-refractivity contribution in [2.75, 3.05) is 39.8 Å². The molecular weight excluding hydrogens is 290 g/mol. The average molecular weight is 315 g/mol. The molecule has 2 aliphatic rings. The number of carbonyl (C=O) groups excluding carboxylic acids is 2. The molecule has 2 fully saturated rings. The molecule has 5 heteroatoms. The SMILES string of the molecule is CN1CCCN(C(=O)C2CC(=O)N(Cc3ccccc3)C2)CC1. The molecule has 0 saturated carbocycles. The van der Waals surface area contributed by atoms with Gasteiger partial charge in [-0.2, -0.15) is 0 Å². The Morgan fingerprint density at radius 2 is 1.91 bits per heavy atom. The number of carbonyl (C=O) groups is 2. The van der Waals surface area contributed by atoms with Crippen LogP contribution in [0.15, 0.2) is 30.3 Å². The van der Waals surface area contributed by atoms with E-state index in [1.165, 1.54) is 0 Å². The molecular formula is C18H25N3O2. The number of hydrogen-bond donors (Lipinski definition) is 0. The molecule has 0 radical (unpaired) electrons. The van der Waals surface area contributed by atoms with Gasteiger partial charge in [-0.1, -0.05) is 30.3 Å². The third-order valence-electron chi connectivity index (χ3n) is 4.81. The molecule has 0 aliphatic carbocycles. The number of likely N-dealkylation sites (N-methyl/N-ethyl adjacent to an activating group) is 1. The molecule has 2 heterocycles. The minimum Gasteiger partial charge on any atom is -0.341 e. The van der Waals surface area contributed by atoms with Gasteiger partial charge in [0.05, 0.1) is 5.92 Å². The lowest BCUT2D eigenvalue weighted by Crippen LogP contribution is -2.39. The fourth-order valence-corrected chi connectivity index (χ4v) is 3.42. The maximum Gasteiger partial charge on any atom is 0.228 e. The molecule has 0 N–H and O–H groups in total. The first-order valence-corrected chi connectivity index (χ1v) is 8.42. The van der Waals surface area contributed by atoms with Gasteiger partial charge in [-0.3, -0.25) is 9.59 Å². The maximum absolute atomic E-state index is 12.7. The molecule has 0 aromatic heterocycles. The highest BCUT2D eigenvalue weighted by Gasteiger charge is 2.36. The monoisotopic (exact) mass is 315 g/mol. The van der Waals surface area contributed by atoms with Gasteiger partial charge in [0.1, 0.15) is 0 Å². The van der Waals surface area contributed by atoms with E-state index < -0.39 is 0 Å². The largest absolute Gasteiger partial charge is 0.341 e. The van der Waals surface area contributed by atoms with Crippen LogP contribution in [0.25, 0.3) is 0 Å². The molecule has 1 unspecified atom stereocenters.